The first-order valence-electron chi connectivity index (χ1n) is 8.88. The molecule has 2 aliphatic rings. The van der Waals surface area contributed by atoms with Crippen LogP contribution in [-0.2, 0) is 19.7 Å². The van der Waals surface area contributed by atoms with Crippen LogP contribution in [0.15, 0.2) is 24.3 Å². The van der Waals surface area contributed by atoms with Gasteiger partial charge in [-0.25, -0.2) is 4.39 Å². The van der Waals surface area contributed by atoms with E-state index in [0.29, 0.717) is 44.5 Å². The zero-order chi connectivity index (χ0) is 17.9. The molecule has 25 heavy (non-hydrogen) atoms. The van der Waals surface area contributed by atoms with Crippen LogP contribution in [0.25, 0.3) is 0 Å². The molecular weight excluding hydrogens is 325 g/mol. The van der Waals surface area contributed by atoms with Crippen molar-refractivity contribution < 1.29 is 23.8 Å². The normalized spacial score (nSPS) is 21.2. The number of halogens is 1. The fourth-order valence-electron chi connectivity index (χ4n) is 3.91. The molecule has 1 unspecified atom stereocenters. The van der Waals surface area contributed by atoms with Crippen LogP contribution in [0.5, 0.6) is 0 Å². The first-order valence-corrected chi connectivity index (χ1v) is 8.88. The number of hydrogen-bond acceptors (Lipinski definition) is 3. The maximum absolute atomic E-state index is 13.6. The lowest BCUT2D eigenvalue weighted by Crippen LogP contribution is -2.51. The van der Waals surface area contributed by atoms with E-state index < -0.39 is 17.3 Å². The first kappa shape index (κ1) is 17.9. The smallest absolute Gasteiger partial charge is 0.308 e. The molecule has 1 amide bonds. The van der Waals surface area contributed by atoms with Crippen LogP contribution in [0.2, 0.25) is 0 Å². The Hall–Kier alpha value is -1.95. The molecule has 1 saturated heterocycles. The van der Waals surface area contributed by atoms with E-state index in [2.05, 4.69) is 5.32 Å². The second kappa shape index (κ2) is 7.52. The predicted octanol–water partition coefficient (Wildman–Crippen LogP) is 2.49. The fraction of sp³-hybridized carbons (Fsp3) is 0.579. The average molecular weight is 349 g/mol. The molecule has 1 saturated carbocycles. The lowest BCUT2D eigenvalue weighted by Gasteiger charge is -2.41. The number of rotatable bonds is 6. The largest absolute Gasteiger partial charge is 0.481 e. The lowest BCUT2D eigenvalue weighted by molar-refractivity contribution is -0.145. The molecule has 6 heteroatoms. The number of hydrogen-bond donors (Lipinski definition) is 2. The molecule has 1 aromatic rings. The summed E-state index contributed by atoms with van der Waals surface area (Å²) >= 11 is 0. The molecular formula is C19H24FNO4. The van der Waals surface area contributed by atoms with Crippen molar-refractivity contribution >= 4 is 11.9 Å². The molecule has 1 aliphatic heterocycles. The van der Waals surface area contributed by atoms with E-state index in [1.807, 2.05) is 0 Å². The molecule has 1 aromatic carbocycles. The van der Waals surface area contributed by atoms with Gasteiger partial charge in [0.2, 0.25) is 5.91 Å². The van der Waals surface area contributed by atoms with Gasteiger partial charge in [0.15, 0.2) is 0 Å². The highest BCUT2D eigenvalue weighted by Crippen LogP contribution is 2.44. The van der Waals surface area contributed by atoms with Crippen LogP contribution in [0.3, 0.4) is 0 Å². The van der Waals surface area contributed by atoms with Gasteiger partial charge in [0, 0.05) is 19.8 Å². The van der Waals surface area contributed by atoms with Crippen molar-refractivity contribution in [1.82, 2.24) is 5.32 Å². The number of carbonyl (C=O) groups is 2. The Morgan fingerprint density at radius 1 is 1.32 bits per heavy atom. The lowest BCUT2D eigenvalue weighted by atomic mass is 9.63. The summed E-state index contributed by atoms with van der Waals surface area (Å²) in [6.07, 6.45) is 3.63. The van der Waals surface area contributed by atoms with Crippen LogP contribution in [-0.4, -0.2) is 36.7 Å². The number of nitrogens with one attached hydrogen (secondary N) is 1. The summed E-state index contributed by atoms with van der Waals surface area (Å²) < 4.78 is 18.9. The van der Waals surface area contributed by atoms with E-state index in [-0.39, 0.29) is 24.2 Å². The van der Waals surface area contributed by atoms with Gasteiger partial charge in [0.1, 0.15) is 5.82 Å². The minimum Gasteiger partial charge on any atom is -0.481 e. The number of benzene rings is 1. The molecule has 1 heterocycles. The third-order valence-corrected chi connectivity index (χ3v) is 5.65. The molecule has 0 bridgehead atoms. The highest BCUT2D eigenvalue weighted by atomic mass is 19.1. The Balaban J connectivity index is 1.68. The summed E-state index contributed by atoms with van der Waals surface area (Å²) in [7, 11) is 0. The number of carboxylic acids is 1. The predicted molar refractivity (Wildman–Crippen MR) is 89.6 cm³/mol. The molecule has 2 fully saturated rings. The Kier molecular flexibility index (Phi) is 5.37. The van der Waals surface area contributed by atoms with E-state index in [1.165, 1.54) is 12.1 Å². The minimum atomic E-state index is -0.888. The van der Waals surface area contributed by atoms with Crippen molar-refractivity contribution in [3.63, 3.8) is 0 Å². The van der Waals surface area contributed by atoms with E-state index >= 15 is 0 Å². The van der Waals surface area contributed by atoms with Gasteiger partial charge in [-0.15, -0.1) is 0 Å². The van der Waals surface area contributed by atoms with E-state index in [9.17, 15) is 19.1 Å². The molecule has 0 spiro atoms. The molecule has 1 atom stereocenters. The quantitative estimate of drug-likeness (QED) is 0.827. The summed E-state index contributed by atoms with van der Waals surface area (Å²) in [5, 5.41) is 12.4. The zero-order valence-electron chi connectivity index (χ0n) is 14.2. The second-order valence-corrected chi connectivity index (χ2v) is 7.05. The van der Waals surface area contributed by atoms with Gasteiger partial charge >= 0.3 is 5.97 Å². The van der Waals surface area contributed by atoms with Crippen molar-refractivity contribution in [3.8, 4) is 0 Å². The molecule has 0 aromatic heterocycles. The van der Waals surface area contributed by atoms with Crippen LogP contribution in [0.4, 0.5) is 4.39 Å². The van der Waals surface area contributed by atoms with Gasteiger partial charge < -0.3 is 15.2 Å². The van der Waals surface area contributed by atoms with Crippen molar-refractivity contribution in [3.05, 3.63) is 35.6 Å². The van der Waals surface area contributed by atoms with Gasteiger partial charge in [-0.3, -0.25) is 9.59 Å². The molecule has 1 aliphatic carbocycles. The topological polar surface area (TPSA) is 75.6 Å². The fourth-order valence-corrected chi connectivity index (χ4v) is 3.91. The third kappa shape index (κ3) is 3.68. The number of amides is 1. The monoisotopic (exact) mass is 349 g/mol. The third-order valence-electron chi connectivity index (χ3n) is 5.65. The van der Waals surface area contributed by atoms with Crippen LogP contribution in [0.1, 0.15) is 37.7 Å². The summed E-state index contributed by atoms with van der Waals surface area (Å²) in [5.41, 5.74) is -0.0462. The maximum Gasteiger partial charge on any atom is 0.308 e. The van der Waals surface area contributed by atoms with Crippen LogP contribution < -0.4 is 5.32 Å². The molecule has 2 N–H and O–H groups in total. The Morgan fingerprint density at radius 3 is 2.60 bits per heavy atom. The number of aliphatic carboxylic acids is 1. The second-order valence-electron chi connectivity index (χ2n) is 7.05. The van der Waals surface area contributed by atoms with Gasteiger partial charge in [0.25, 0.3) is 0 Å². The van der Waals surface area contributed by atoms with Crippen molar-refractivity contribution in [2.24, 2.45) is 11.8 Å². The Morgan fingerprint density at radius 2 is 2.04 bits per heavy atom. The highest BCUT2D eigenvalue weighted by molar-refractivity contribution is 5.89. The molecule has 136 valence electrons. The summed E-state index contributed by atoms with van der Waals surface area (Å²) in [6.45, 7) is 1.24. The first-order chi connectivity index (χ1) is 12.0. The van der Waals surface area contributed by atoms with Gasteiger partial charge in [-0.05, 0) is 49.3 Å². The summed E-state index contributed by atoms with van der Waals surface area (Å²) in [5.74, 6) is -2.04. The maximum atomic E-state index is 13.6. The van der Waals surface area contributed by atoms with E-state index in [4.69, 9.17) is 4.74 Å². The van der Waals surface area contributed by atoms with Crippen molar-refractivity contribution in [1.29, 1.82) is 0 Å². The van der Waals surface area contributed by atoms with E-state index in [0.717, 1.165) is 6.42 Å². The minimum absolute atomic E-state index is 0.0121. The van der Waals surface area contributed by atoms with Crippen LogP contribution in [0, 0.1) is 17.7 Å². The molecule has 0 radical (unpaired) electrons. The van der Waals surface area contributed by atoms with Crippen LogP contribution >= 0.6 is 0 Å². The number of carboxylic acid groups (broad SMARTS) is 1. The molecule has 3 rings (SSSR count). The van der Waals surface area contributed by atoms with Crippen molar-refractivity contribution in [2.45, 2.75) is 37.5 Å². The SMILES string of the molecule is O=C(O)C(CNC(=O)C1(c2cccc(F)c2)CCC1)C1CCOCC1. The van der Waals surface area contributed by atoms with Gasteiger partial charge in [-0.1, -0.05) is 18.6 Å². The Bertz CT molecular complexity index is 638. The van der Waals surface area contributed by atoms with Gasteiger partial charge in [-0.2, -0.15) is 0 Å². The standard InChI is InChI=1S/C19H24FNO4/c20-15-4-1-3-14(11-15)19(7-2-8-19)18(24)21-12-16(17(22)23)13-5-9-25-10-6-13/h1,3-4,11,13,16H,2,5-10,12H2,(H,21,24)(H,22,23). The Labute approximate surface area is 146 Å². The zero-order valence-corrected chi connectivity index (χ0v) is 14.2. The average Bonchev–Trinajstić information content (AvgIpc) is 2.55. The van der Waals surface area contributed by atoms with E-state index in [1.54, 1.807) is 12.1 Å². The molecule has 5 nitrogen and oxygen atoms in total. The van der Waals surface area contributed by atoms with Gasteiger partial charge in [0.05, 0.1) is 11.3 Å². The number of carbonyl (C=O) groups excluding carboxylic acids is 1. The number of ether oxygens (including phenoxy) is 1. The highest BCUT2D eigenvalue weighted by Gasteiger charge is 2.46. The summed E-state index contributed by atoms with van der Waals surface area (Å²) in [4.78, 5) is 24.4. The van der Waals surface area contributed by atoms with Crippen molar-refractivity contribution in [2.75, 3.05) is 19.8 Å². The summed E-state index contributed by atoms with van der Waals surface area (Å²) in [6, 6.07) is 6.15.